The zero-order valence-corrected chi connectivity index (χ0v) is 10.0. The van der Waals surface area contributed by atoms with Crippen molar-refractivity contribution in [3.05, 3.63) is 24.0 Å². The molecule has 1 atom stereocenters. The Kier molecular flexibility index (Phi) is 3.47. The Morgan fingerprint density at radius 2 is 2.22 bits per heavy atom. The third-order valence-electron chi connectivity index (χ3n) is 2.77. The van der Waals surface area contributed by atoms with Crippen molar-refractivity contribution in [2.24, 2.45) is 5.92 Å². The van der Waals surface area contributed by atoms with Crippen LogP contribution < -0.4 is 4.90 Å². The van der Waals surface area contributed by atoms with Crippen LogP contribution in [0.4, 0.5) is 18.9 Å². The van der Waals surface area contributed by atoms with E-state index in [1.54, 1.807) is 0 Å². The molecule has 1 amide bonds. The fourth-order valence-electron chi connectivity index (χ4n) is 1.88. The molecule has 1 aliphatic heterocycles. The van der Waals surface area contributed by atoms with Crippen LogP contribution in [0.5, 0.6) is 0 Å². The smallest absolute Gasteiger partial charge is 0.312 e. The predicted octanol–water partition coefficient (Wildman–Crippen LogP) is 2.69. The number of nitrogens with zero attached hydrogens (tertiary/aromatic N) is 2. The second-order valence-electron chi connectivity index (χ2n) is 4.13. The number of aromatic nitrogens is 1. The highest BCUT2D eigenvalue weighted by Gasteiger charge is 2.35. The van der Waals surface area contributed by atoms with E-state index < -0.39 is 11.9 Å². The Balaban J connectivity index is 2.27. The molecule has 1 saturated heterocycles. The second-order valence-corrected chi connectivity index (χ2v) is 4.43. The topological polar surface area (TPSA) is 33.2 Å². The largest absolute Gasteiger partial charge is 0.433 e. The minimum atomic E-state index is -4.51. The molecule has 0 N–H and O–H groups in total. The van der Waals surface area contributed by atoms with Gasteiger partial charge >= 0.3 is 6.18 Å². The molecule has 0 spiro atoms. The molecule has 7 heteroatoms. The molecule has 0 aliphatic carbocycles. The van der Waals surface area contributed by atoms with E-state index in [-0.39, 0.29) is 23.9 Å². The summed E-state index contributed by atoms with van der Waals surface area (Å²) in [6, 6.07) is 2.28. The van der Waals surface area contributed by atoms with Crippen LogP contribution in [0.1, 0.15) is 12.1 Å². The molecule has 18 heavy (non-hydrogen) atoms. The van der Waals surface area contributed by atoms with Crippen LogP contribution in [-0.2, 0) is 11.0 Å². The van der Waals surface area contributed by atoms with Gasteiger partial charge in [0, 0.05) is 30.7 Å². The number of carbonyl (C=O) groups excluding carboxylic acids is 1. The SMILES string of the molecule is O=C1CC(CCl)CN1c1ccnc(C(F)(F)F)c1. The Morgan fingerprint density at radius 3 is 2.78 bits per heavy atom. The molecule has 0 aromatic carbocycles. The van der Waals surface area contributed by atoms with Crippen LogP contribution in [0.3, 0.4) is 0 Å². The molecule has 1 aliphatic rings. The van der Waals surface area contributed by atoms with E-state index in [1.165, 1.54) is 11.0 Å². The summed E-state index contributed by atoms with van der Waals surface area (Å²) < 4.78 is 37.5. The van der Waals surface area contributed by atoms with Gasteiger partial charge in [-0.3, -0.25) is 9.78 Å². The molecule has 1 aromatic heterocycles. The highest BCUT2D eigenvalue weighted by molar-refractivity contribution is 6.18. The number of halogens is 4. The van der Waals surface area contributed by atoms with Crippen LogP contribution in [0, 0.1) is 5.92 Å². The zero-order valence-electron chi connectivity index (χ0n) is 9.25. The lowest BCUT2D eigenvalue weighted by Gasteiger charge is -2.17. The van der Waals surface area contributed by atoms with Gasteiger partial charge in [-0.2, -0.15) is 13.2 Å². The molecule has 0 saturated carbocycles. The number of pyridine rings is 1. The van der Waals surface area contributed by atoms with Crippen molar-refractivity contribution >= 4 is 23.2 Å². The summed E-state index contributed by atoms with van der Waals surface area (Å²) in [6.45, 7) is 0.351. The minimum absolute atomic E-state index is 0.0123. The summed E-state index contributed by atoms with van der Waals surface area (Å²) >= 11 is 5.66. The summed E-state index contributed by atoms with van der Waals surface area (Å²) in [6.07, 6.45) is -3.18. The van der Waals surface area contributed by atoms with Gasteiger partial charge in [-0.05, 0) is 18.1 Å². The van der Waals surface area contributed by atoms with Gasteiger partial charge < -0.3 is 4.90 Å². The molecule has 1 fully saturated rings. The van der Waals surface area contributed by atoms with Gasteiger partial charge in [-0.25, -0.2) is 0 Å². The molecular weight excluding hydrogens is 269 g/mol. The molecule has 98 valence electrons. The maximum atomic E-state index is 12.5. The Morgan fingerprint density at radius 1 is 1.50 bits per heavy atom. The number of rotatable bonds is 2. The monoisotopic (exact) mass is 278 g/mol. The molecule has 3 nitrogen and oxygen atoms in total. The number of anilines is 1. The molecular formula is C11H10ClF3N2O. The van der Waals surface area contributed by atoms with E-state index in [0.717, 1.165) is 12.3 Å². The fourth-order valence-corrected chi connectivity index (χ4v) is 2.08. The average molecular weight is 279 g/mol. The lowest BCUT2D eigenvalue weighted by atomic mass is 10.1. The van der Waals surface area contributed by atoms with Crippen molar-refractivity contribution in [2.75, 3.05) is 17.3 Å². The highest BCUT2D eigenvalue weighted by atomic mass is 35.5. The van der Waals surface area contributed by atoms with E-state index in [4.69, 9.17) is 11.6 Å². The first-order valence-electron chi connectivity index (χ1n) is 5.31. The van der Waals surface area contributed by atoms with Gasteiger partial charge in [0.1, 0.15) is 5.69 Å². The van der Waals surface area contributed by atoms with Gasteiger partial charge in [-0.1, -0.05) is 0 Å². The van der Waals surface area contributed by atoms with Crippen LogP contribution in [-0.4, -0.2) is 23.3 Å². The number of carbonyl (C=O) groups is 1. The third-order valence-corrected chi connectivity index (χ3v) is 3.21. The van der Waals surface area contributed by atoms with Crippen LogP contribution in [0.15, 0.2) is 18.3 Å². The summed E-state index contributed by atoms with van der Waals surface area (Å²) in [5.74, 6) is 0.0982. The number of hydrogen-bond donors (Lipinski definition) is 0. The molecule has 1 unspecified atom stereocenters. The maximum Gasteiger partial charge on any atom is 0.433 e. The first kappa shape index (κ1) is 13.1. The molecule has 1 aromatic rings. The van der Waals surface area contributed by atoms with E-state index >= 15 is 0 Å². The van der Waals surface area contributed by atoms with Gasteiger partial charge in [0.05, 0.1) is 0 Å². The number of alkyl halides is 4. The van der Waals surface area contributed by atoms with E-state index in [0.29, 0.717) is 12.4 Å². The van der Waals surface area contributed by atoms with Crippen molar-refractivity contribution in [3.8, 4) is 0 Å². The van der Waals surface area contributed by atoms with Gasteiger partial charge in [0.25, 0.3) is 0 Å². The normalized spacial score (nSPS) is 20.6. The van der Waals surface area contributed by atoms with Crippen molar-refractivity contribution in [1.82, 2.24) is 4.98 Å². The van der Waals surface area contributed by atoms with Gasteiger partial charge in [-0.15, -0.1) is 11.6 Å². The standard InChI is InChI=1S/C11H10ClF3N2O/c12-5-7-3-10(18)17(6-7)8-1-2-16-9(4-8)11(13,14)15/h1-2,4,7H,3,5-6H2. The maximum absolute atomic E-state index is 12.5. The van der Waals surface area contributed by atoms with Crippen molar-refractivity contribution in [2.45, 2.75) is 12.6 Å². The van der Waals surface area contributed by atoms with Crippen LogP contribution in [0.25, 0.3) is 0 Å². The molecule has 0 radical (unpaired) electrons. The van der Waals surface area contributed by atoms with E-state index in [2.05, 4.69) is 4.98 Å². The quantitative estimate of drug-likeness (QED) is 0.779. The second kappa shape index (κ2) is 4.76. The Labute approximate surface area is 107 Å². The summed E-state index contributed by atoms with van der Waals surface area (Å²) in [4.78, 5) is 16.3. The predicted molar refractivity (Wildman–Crippen MR) is 60.4 cm³/mol. The zero-order chi connectivity index (χ0) is 13.3. The van der Waals surface area contributed by atoms with Crippen molar-refractivity contribution in [1.29, 1.82) is 0 Å². The minimum Gasteiger partial charge on any atom is -0.312 e. The summed E-state index contributed by atoms with van der Waals surface area (Å²) in [5.41, 5.74) is -0.780. The van der Waals surface area contributed by atoms with Crippen LogP contribution >= 0.6 is 11.6 Å². The molecule has 0 bridgehead atoms. The fraction of sp³-hybridized carbons (Fsp3) is 0.455. The molecule has 2 rings (SSSR count). The first-order chi connectivity index (χ1) is 8.41. The first-order valence-corrected chi connectivity index (χ1v) is 5.85. The van der Waals surface area contributed by atoms with Crippen molar-refractivity contribution in [3.63, 3.8) is 0 Å². The van der Waals surface area contributed by atoms with E-state index in [1.807, 2.05) is 0 Å². The average Bonchev–Trinajstić information content (AvgIpc) is 2.70. The lowest BCUT2D eigenvalue weighted by molar-refractivity contribution is -0.141. The van der Waals surface area contributed by atoms with Gasteiger partial charge in [0.15, 0.2) is 0 Å². The number of hydrogen-bond acceptors (Lipinski definition) is 2. The van der Waals surface area contributed by atoms with E-state index in [9.17, 15) is 18.0 Å². The highest BCUT2D eigenvalue weighted by Crippen LogP contribution is 2.32. The third kappa shape index (κ3) is 2.58. The Hall–Kier alpha value is -1.30. The Bertz CT molecular complexity index is 464. The lowest BCUT2D eigenvalue weighted by Crippen LogP contribution is -2.25. The summed E-state index contributed by atoms with van der Waals surface area (Å²) in [7, 11) is 0. The summed E-state index contributed by atoms with van der Waals surface area (Å²) in [5, 5.41) is 0. The number of amides is 1. The molecule has 2 heterocycles. The van der Waals surface area contributed by atoms with Gasteiger partial charge in [0.2, 0.25) is 5.91 Å². The van der Waals surface area contributed by atoms with Crippen LogP contribution in [0.2, 0.25) is 0 Å². The van der Waals surface area contributed by atoms with Crippen molar-refractivity contribution < 1.29 is 18.0 Å².